The number of para-hydroxylation sites is 4. The Kier molecular flexibility index (Phi) is 19.5. The van der Waals surface area contributed by atoms with E-state index in [0.717, 1.165) is 98.9 Å². The van der Waals surface area contributed by atoms with Crippen LogP contribution in [0.4, 0.5) is 0 Å². The van der Waals surface area contributed by atoms with Crippen molar-refractivity contribution in [1.82, 2.24) is 49.8 Å². The second kappa shape index (κ2) is 26.4. The maximum atomic E-state index is 4.83. The first kappa shape index (κ1) is 59.0. The molecule has 4 aromatic carbocycles. The Labute approximate surface area is 496 Å². The second-order valence-corrected chi connectivity index (χ2v) is 19.4. The Morgan fingerprint density at radius 3 is 0.662 bits per heavy atom. The summed E-state index contributed by atoms with van der Waals surface area (Å²) >= 11 is 0. The molecule has 0 atom stereocenters. The van der Waals surface area contributed by atoms with E-state index in [1.54, 1.807) is 49.6 Å². The summed E-state index contributed by atoms with van der Waals surface area (Å²) in [5.74, 6) is 20.8. The Balaban J connectivity index is 0.000000136. The molecule has 80 heavy (non-hydrogen) atoms. The standard InChI is InChI=1S/2C18H10N4.C12H8N2.2C10H15.2Ir/c2*1-2-8-14-13(7-1)21-17-11-5-3-9-19-15(11)16-12(18(17)22-14)6-4-10-20-16;1(11-3-7-13-8-4-11)2-12-5-9-14-10-6-12;2*1-6-7(2)9(4)10(5)8(6)3;;/h2*1-10H;3-10H;2*1-5H3;;. The number of hydrogen-bond donors (Lipinski definition) is 0. The summed E-state index contributed by atoms with van der Waals surface area (Å²) in [7, 11) is 0. The molecule has 2 saturated carbocycles. The zero-order valence-corrected chi connectivity index (χ0v) is 51.1. The average molecular weight is 1400 g/mol. The van der Waals surface area contributed by atoms with Crippen molar-refractivity contribution in [1.29, 1.82) is 0 Å². The molecule has 12 heteroatoms. The van der Waals surface area contributed by atoms with Crippen LogP contribution in [0.2, 0.25) is 0 Å². The van der Waals surface area contributed by atoms with Crippen molar-refractivity contribution in [2.75, 3.05) is 0 Å². The van der Waals surface area contributed by atoms with E-state index in [1.807, 2.05) is 121 Å². The van der Waals surface area contributed by atoms with Crippen molar-refractivity contribution in [3.8, 4) is 11.8 Å². The Bertz CT molecular complexity index is 3580. The molecule has 0 unspecified atom stereocenters. The van der Waals surface area contributed by atoms with Crippen LogP contribution in [0.15, 0.2) is 171 Å². The summed E-state index contributed by atoms with van der Waals surface area (Å²) in [5.41, 5.74) is 12.5. The monoisotopic (exact) mass is 1400 g/mol. The van der Waals surface area contributed by atoms with Crippen LogP contribution in [0.25, 0.3) is 87.7 Å². The minimum Gasteiger partial charge on any atom is -0.265 e. The SMILES string of the molecule is C(#Cc1ccncc1)c1ccncc1.C[C]1[C](C)[C](C)[C](C)[C]1C.C[C]1[C](C)[C](C)[C](C)[C]1C.[Ir].[Ir].c1ccc2nc3c4cccnc4c4ncccc4c3nc2c1.c1ccc2nc3c4cccnc4c4ncccc4c3nc2c1. The summed E-state index contributed by atoms with van der Waals surface area (Å²) in [6, 6.07) is 39.2. The van der Waals surface area contributed by atoms with Crippen molar-refractivity contribution >= 4 is 87.7 Å². The molecule has 0 bridgehead atoms. The van der Waals surface area contributed by atoms with Crippen molar-refractivity contribution in [2.24, 2.45) is 0 Å². The Morgan fingerprint density at radius 2 is 0.450 bits per heavy atom. The maximum Gasteiger partial charge on any atom is 0.0996 e. The smallest absolute Gasteiger partial charge is 0.0996 e. The van der Waals surface area contributed by atoms with Crippen molar-refractivity contribution in [3.05, 3.63) is 241 Å². The van der Waals surface area contributed by atoms with Crippen molar-refractivity contribution in [2.45, 2.75) is 69.2 Å². The molecule has 12 radical (unpaired) electrons. The fourth-order valence-electron chi connectivity index (χ4n) is 9.72. The maximum absolute atomic E-state index is 4.83. The quantitative estimate of drug-likeness (QED) is 0.0822. The molecule has 0 aliphatic heterocycles. The Morgan fingerprint density at radius 1 is 0.237 bits per heavy atom. The zero-order chi connectivity index (χ0) is 54.5. The fraction of sp³-hybridized carbons (Fsp3) is 0.147. The topological polar surface area (TPSA) is 129 Å². The fourth-order valence-corrected chi connectivity index (χ4v) is 9.72. The first-order valence-electron chi connectivity index (χ1n) is 26.0. The molecule has 0 N–H and O–H groups in total. The number of fused-ring (bicyclic) bond motifs is 14. The molecule has 0 amide bonds. The molecule has 2 fully saturated rings. The largest absolute Gasteiger partial charge is 0.265 e. The van der Waals surface area contributed by atoms with E-state index in [4.69, 9.17) is 19.9 Å². The van der Waals surface area contributed by atoms with Gasteiger partial charge in [0.15, 0.2) is 0 Å². The van der Waals surface area contributed by atoms with Gasteiger partial charge in [-0.3, -0.25) is 29.9 Å². The van der Waals surface area contributed by atoms with Crippen LogP contribution in [0, 0.1) is 71.0 Å². The molecule has 8 heterocycles. The van der Waals surface area contributed by atoms with Gasteiger partial charge < -0.3 is 0 Å². The van der Waals surface area contributed by atoms with E-state index in [1.165, 1.54) is 59.2 Å². The molecular weight excluding hydrogens is 1340 g/mol. The number of hydrogen-bond acceptors (Lipinski definition) is 10. The van der Waals surface area contributed by atoms with Gasteiger partial charge in [-0.15, -0.1) is 0 Å². The van der Waals surface area contributed by atoms with Crippen molar-refractivity contribution < 1.29 is 40.2 Å². The predicted molar refractivity (Wildman–Crippen MR) is 319 cm³/mol. The number of nitrogens with zero attached hydrogens (tertiary/aromatic N) is 10. The minimum atomic E-state index is 0. The van der Waals surface area contributed by atoms with Gasteiger partial charge in [-0.25, -0.2) is 19.9 Å². The molecule has 12 aromatic rings. The molecule has 2 aliphatic rings. The zero-order valence-electron chi connectivity index (χ0n) is 46.3. The summed E-state index contributed by atoms with van der Waals surface area (Å²) < 4.78 is 0. The van der Waals surface area contributed by atoms with Crippen LogP contribution < -0.4 is 0 Å². The van der Waals surface area contributed by atoms with Gasteiger partial charge in [0.05, 0.1) is 66.2 Å². The van der Waals surface area contributed by atoms with Gasteiger partial charge in [0.2, 0.25) is 0 Å². The van der Waals surface area contributed by atoms with E-state index in [2.05, 4.69) is 111 Å². The third-order valence-electron chi connectivity index (χ3n) is 15.2. The third kappa shape index (κ3) is 12.3. The van der Waals surface area contributed by atoms with Gasteiger partial charge in [0, 0.05) is 122 Å². The molecular formula is C68H58Ir2N10. The average Bonchev–Trinajstić information content (AvgIpc) is 3.78. The third-order valence-corrected chi connectivity index (χ3v) is 15.2. The molecule has 10 nitrogen and oxygen atoms in total. The Hall–Kier alpha value is -7.12. The van der Waals surface area contributed by atoms with E-state index in [-0.39, 0.29) is 40.2 Å². The van der Waals surface area contributed by atoms with E-state index in [9.17, 15) is 0 Å². The first-order valence-corrected chi connectivity index (χ1v) is 26.0. The normalized spacial score (nSPS) is 15.1. The minimum absolute atomic E-state index is 0. The first-order chi connectivity index (χ1) is 37.9. The molecule has 0 saturated heterocycles. The van der Waals surface area contributed by atoms with Gasteiger partial charge in [0.25, 0.3) is 0 Å². The second-order valence-electron chi connectivity index (χ2n) is 19.4. The molecule has 0 spiro atoms. The van der Waals surface area contributed by atoms with Gasteiger partial charge in [0.1, 0.15) is 0 Å². The summed E-state index contributed by atoms with van der Waals surface area (Å²) in [4.78, 5) is 45.2. The van der Waals surface area contributed by atoms with Crippen LogP contribution in [-0.4, -0.2) is 49.8 Å². The van der Waals surface area contributed by atoms with Crippen LogP contribution >= 0.6 is 0 Å². The van der Waals surface area contributed by atoms with Crippen LogP contribution in [0.5, 0.6) is 0 Å². The summed E-state index contributed by atoms with van der Waals surface area (Å²) in [6.45, 7) is 22.0. The number of aromatic nitrogens is 10. The van der Waals surface area contributed by atoms with E-state index < -0.39 is 0 Å². The molecule has 2 aliphatic carbocycles. The van der Waals surface area contributed by atoms with Gasteiger partial charge >= 0.3 is 0 Å². The van der Waals surface area contributed by atoms with Crippen LogP contribution in [-0.2, 0) is 40.2 Å². The van der Waals surface area contributed by atoms with E-state index in [0.29, 0.717) is 0 Å². The summed E-state index contributed by atoms with van der Waals surface area (Å²) in [5, 5.41) is 3.95. The number of pyridine rings is 6. The number of benzene rings is 4. The van der Waals surface area contributed by atoms with E-state index >= 15 is 0 Å². The molecule has 398 valence electrons. The van der Waals surface area contributed by atoms with Crippen molar-refractivity contribution in [3.63, 3.8) is 0 Å². The van der Waals surface area contributed by atoms with Gasteiger partial charge in [-0.1, -0.05) is 105 Å². The van der Waals surface area contributed by atoms with Gasteiger partial charge in [-0.2, -0.15) is 0 Å². The van der Waals surface area contributed by atoms with Crippen LogP contribution in [0.3, 0.4) is 0 Å². The van der Waals surface area contributed by atoms with Gasteiger partial charge in [-0.05, 0) is 156 Å². The predicted octanol–water partition coefficient (Wildman–Crippen LogP) is 15.6. The molecule has 14 rings (SSSR count). The number of rotatable bonds is 0. The summed E-state index contributed by atoms with van der Waals surface area (Å²) in [6.07, 6.45) is 14.1. The molecule has 8 aromatic heterocycles. The van der Waals surface area contributed by atoms with Crippen LogP contribution in [0.1, 0.15) is 80.4 Å².